The lowest BCUT2D eigenvalue weighted by Crippen LogP contribution is -2.42. The van der Waals surface area contributed by atoms with Crippen LogP contribution in [0.15, 0.2) is 148 Å². The number of methoxy groups -OCH3 is 1. The van der Waals surface area contributed by atoms with E-state index >= 15 is 0 Å². The molecule has 0 radical (unpaired) electrons. The lowest BCUT2D eigenvalue weighted by atomic mass is 10.0. The number of aromatic nitrogens is 3. The number of ketones is 3. The molecule has 9 aliphatic rings. The van der Waals surface area contributed by atoms with Crippen molar-refractivity contribution in [3.05, 3.63) is 200 Å². The number of phenolic OH excluding ortho intramolecular Hbond substituents is 3. The number of fused-ring (bicyclic) bond motifs is 6. The highest BCUT2D eigenvalue weighted by molar-refractivity contribution is 6.15. The third kappa shape index (κ3) is 14.3. The molecule has 6 aromatic rings. The lowest BCUT2D eigenvalue weighted by Gasteiger charge is -2.27. The molecule has 0 amide bonds. The Morgan fingerprint density at radius 1 is 0.567 bits per heavy atom. The first kappa shape index (κ1) is 62.4. The minimum atomic E-state index is -0.144. The van der Waals surface area contributed by atoms with E-state index in [-0.39, 0.29) is 41.2 Å². The second-order valence-corrected chi connectivity index (χ2v) is 22.7. The molecule has 9 heterocycles. The zero-order chi connectivity index (χ0) is 62.5. The number of pyridine rings is 3. The predicted molar refractivity (Wildman–Crippen MR) is 337 cm³/mol. The van der Waals surface area contributed by atoms with Crippen LogP contribution in [0.25, 0.3) is 16.9 Å². The van der Waals surface area contributed by atoms with Gasteiger partial charge in [-0.05, 0) is 152 Å². The monoisotopic (exact) mass is 1240 g/mol. The van der Waals surface area contributed by atoms with Crippen molar-refractivity contribution in [1.82, 2.24) is 35.0 Å². The maximum Gasteiger partial charge on any atom is 0.231 e. The summed E-state index contributed by atoms with van der Waals surface area (Å²) in [6, 6.07) is 21.5. The molecule has 0 saturated carbocycles. The largest absolute Gasteiger partial charge is 0.507 e. The van der Waals surface area contributed by atoms with Crippen molar-refractivity contribution in [3.8, 4) is 34.5 Å². The maximum absolute atomic E-state index is 12.9. The average molecular weight is 1240 g/mol. The summed E-state index contributed by atoms with van der Waals surface area (Å²) in [4.78, 5) is 57.3. The van der Waals surface area contributed by atoms with Crippen LogP contribution in [-0.2, 0) is 43.6 Å². The molecule has 15 rings (SSSR count). The van der Waals surface area contributed by atoms with E-state index in [0.717, 1.165) is 128 Å². The number of nitrogens with zero attached hydrogens (tertiary/aromatic N) is 9. The minimum absolute atomic E-state index is 0.00453. The second-order valence-electron chi connectivity index (χ2n) is 22.6. The summed E-state index contributed by atoms with van der Waals surface area (Å²) >= 11 is 4.55. The first-order chi connectivity index (χ1) is 44.0. The van der Waals surface area contributed by atoms with Crippen molar-refractivity contribution in [2.24, 2.45) is 15.1 Å². The number of halogens is 1. The van der Waals surface area contributed by atoms with E-state index in [1.165, 1.54) is 38.5 Å². The van der Waals surface area contributed by atoms with Crippen LogP contribution >= 0.6 is 11.8 Å². The van der Waals surface area contributed by atoms with Gasteiger partial charge >= 0.3 is 0 Å². The molecule has 21 nitrogen and oxygen atoms in total. The summed E-state index contributed by atoms with van der Waals surface area (Å²) in [7, 11) is 1.69. The zero-order valence-corrected chi connectivity index (χ0v) is 50.8. The number of nitrogens with one attached hydrogen (secondary N) is 2. The van der Waals surface area contributed by atoms with Gasteiger partial charge in [0.1, 0.15) is 40.3 Å². The fourth-order valence-corrected chi connectivity index (χ4v) is 12.3. The molecule has 3 saturated heterocycles. The Bertz CT molecular complexity index is 3730. The standard InChI is InChI=1S/C23H22N2O3.C22H21N3O3.C14H17NO3.C9H9NO.ClHN4/c26-20-9-7-17-22(27)21(13-15-6-8-19-16(15)5-4-10-24-19)28-23(17)18(20)14-25-11-2-1-3-12-25;26-19-6-4-16-21(27)20(12-14-3-5-18-15(14)2-1-7-24-18)28-22(16)17(19)13-25-10-8-23-9-11-25;16-12-5-4-10-13(17)9-18-14(10)11(12)8-15-6-2-1-3-7-15;1-11-9-5-4-8-7(9)3-2-6-10-8;1-3-5-4-2/h4-7,9-10,13,26H,1-3,8,11-12,14H2;1-4,6-7,12,23,26H,5,8-11,13H2;4-5,16H,1-3,6-9H2;2-3,5-6H,4H2,1H3;2H/b21-13-;20-12-;;;. The number of likely N-dealkylation sites (tertiary alicyclic amines) is 2. The van der Waals surface area contributed by atoms with Crippen LogP contribution in [0.3, 0.4) is 0 Å². The smallest absolute Gasteiger partial charge is 0.231 e. The van der Waals surface area contributed by atoms with E-state index in [1.807, 2.05) is 42.6 Å². The molecular formula is C68H70ClN11O10. The van der Waals surface area contributed by atoms with Crippen LogP contribution < -0.4 is 19.5 Å². The topological polar surface area (TPSA) is 270 Å². The van der Waals surface area contributed by atoms with Gasteiger partial charge in [-0.2, -0.15) is 5.53 Å². The number of carbonyl (C=O) groups is 3. The Kier molecular flexibility index (Phi) is 20.4. The Morgan fingerprint density at radius 2 is 1.00 bits per heavy atom. The third-order valence-corrected chi connectivity index (χ3v) is 17.0. The maximum atomic E-state index is 12.9. The molecule has 3 aromatic heterocycles. The zero-order valence-electron chi connectivity index (χ0n) is 50.0. The number of hydrogen-bond donors (Lipinski definition) is 5. The first-order valence-corrected chi connectivity index (χ1v) is 30.7. The molecule has 0 bridgehead atoms. The van der Waals surface area contributed by atoms with Gasteiger partial charge in [0.25, 0.3) is 0 Å². The van der Waals surface area contributed by atoms with Gasteiger partial charge < -0.3 is 39.6 Å². The van der Waals surface area contributed by atoms with Crippen molar-refractivity contribution >= 4 is 46.0 Å². The summed E-state index contributed by atoms with van der Waals surface area (Å²) in [5, 5.41) is 39.2. The van der Waals surface area contributed by atoms with Gasteiger partial charge in [0, 0.05) is 100 Å². The number of piperazine rings is 1. The van der Waals surface area contributed by atoms with E-state index in [9.17, 15) is 29.7 Å². The van der Waals surface area contributed by atoms with Gasteiger partial charge in [0.2, 0.25) is 17.3 Å². The molecule has 3 aliphatic carbocycles. The molecule has 6 aliphatic heterocycles. The number of phenols is 3. The number of aromatic hydroxyl groups is 3. The van der Waals surface area contributed by atoms with Crippen molar-refractivity contribution in [2.75, 3.05) is 66.1 Å². The quantitative estimate of drug-likeness (QED) is 0.0484. The summed E-state index contributed by atoms with van der Waals surface area (Å²) in [6.45, 7) is 9.70. The van der Waals surface area contributed by atoms with Gasteiger partial charge in [-0.3, -0.25) is 44.0 Å². The van der Waals surface area contributed by atoms with Gasteiger partial charge in [-0.1, -0.05) is 41.8 Å². The summed E-state index contributed by atoms with van der Waals surface area (Å²) in [6.07, 6.45) is 24.8. The molecule has 5 N–H and O–H groups in total. The molecular weight excluding hydrogens is 1170 g/mol. The number of benzene rings is 3. The summed E-state index contributed by atoms with van der Waals surface area (Å²) in [5.74, 6) is 3.45. The number of allylic oxidation sites excluding steroid dienone is 9. The van der Waals surface area contributed by atoms with Crippen LogP contribution in [0.5, 0.6) is 34.5 Å². The van der Waals surface area contributed by atoms with Crippen LogP contribution in [0.4, 0.5) is 0 Å². The number of carbonyl (C=O) groups excluding carboxylic acids is 3. The SMILES string of the molecule is COC1=CCc2ncccc21.N=NN=NCl.O=C1/C(=C/C2=CCc3ncccc32)Oc2c1ccc(O)c2CN1CCCCC1.O=C1/C(=C/C2=CCc3ncccc32)Oc2c1ccc(O)c2CN1CCNCC1.O=C1COc2c1ccc(O)c2CN1CCCCC1. The first-order valence-electron chi connectivity index (χ1n) is 30.3. The number of hydrogen-bond acceptors (Lipinski definition) is 19. The van der Waals surface area contributed by atoms with Gasteiger partial charge in [0.15, 0.2) is 18.1 Å². The van der Waals surface area contributed by atoms with E-state index in [2.05, 4.69) is 80.1 Å². The molecule has 0 atom stereocenters. The highest BCUT2D eigenvalue weighted by atomic mass is 35.5. The molecule has 3 aromatic carbocycles. The highest BCUT2D eigenvalue weighted by Gasteiger charge is 2.35. The van der Waals surface area contributed by atoms with Gasteiger partial charge in [-0.25, -0.2) is 0 Å². The van der Waals surface area contributed by atoms with Crippen molar-refractivity contribution in [2.45, 2.75) is 77.4 Å². The predicted octanol–water partition coefficient (Wildman–Crippen LogP) is 11.3. The summed E-state index contributed by atoms with van der Waals surface area (Å²) < 4.78 is 25.2. The average Bonchev–Trinajstić information content (AvgIpc) is 1.69. The second kappa shape index (κ2) is 29.4. The minimum Gasteiger partial charge on any atom is -0.507 e. The molecule has 90 heavy (non-hydrogen) atoms. The fourth-order valence-electron chi connectivity index (χ4n) is 12.3. The van der Waals surface area contributed by atoms with Crippen molar-refractivity contribution in [3.63, 3.8) is 0 Å². The highest BCUT2D eigenvalue weighted by Crippen LogP contribution is 2.44. The molecule has 22 heteroatoms. The molecule has 3 fully saturated rings. The normalized spacial score (nSPS) is 18.6. The van der Waals surface area contributed by atoms with Crippen molar-refractivity contribution < 1.29 is 48.7 Å². The van der Waals surface area contributed by atoms with E-state index in [0.29, 0.717) is 76.2 Å². The van der Waals surface area contributed by atoms with Crippen LogP contribution in [0, 0.1) is 5.53 Å². The summed E-state index contributed by atoms with van der Waals surface area (Å²) in [5.41, 5.74) is 17.9. The van der Waals surface area contributed by atoms with Crippen LogP contribution in [0.1, 0.15) is 120 Å². The lowest BCUT2D eigenvalue weighted by molar-refractivity contribution is 0.0959. The number of rotatable bonds is 10. The number of Topliss-reactive ketones (excluding diaryl/α,β-unsaturated/α-hetero) is 3. The van der Waals surface area contributed by atoms with Crippen LogP contribution in [0.2, 0.25) is 0 Å². The fraction of sp³-hybridized carbons (Fsp3) is 0.324. The third-order valence-electron chi connectivity index (χ3n) is 16.9. The Labute approximate surface area is 526 Å². The molecule has 0 unspecified atom stereocenters. The van der Waals surface area contributed by atoms with E-state index < -0.39 is 0 Å². The molecule has 0 spiro atoms. The van der Waals surface area contributed by atoms with E-state index in [4.69, 9.17) is 24.5 Å². The Balaban J connectivity index is 0.000000126. The Hall–Kier alpha value is -9.25. The Morgan fingerprint density at radius 3 is 1.46 bits per heavy atom. The number of piperidine rings is 2. The molecule has 464 valence electrons. The van der Waals surface area contributed by atoms with Gasteiger partial charge in [-0.15, -0.1) is 0 Å². The van der Waals surface area contributed by atoms with E-state index in [1.54, 1.807) is 68.1 Å². The van der Waals surface area contributed by atoms with Gasteiger partial charge in [0.05, 0.1) is 69.3 Å². The van der Waals surface area contributed by atoms with Crippen LogP contribution in [-0.4, -0.2) is 128 Å². The van der Waals surface area contributed by atoms with Crippen molar-refractivity contribution in [1.29, 1.82) is 5.53 Å². The number of ether oxygens (including phenoxy) is 4.